The van der Waals surface area contributed by atoms with Gasteiger partial charge in [0.15, 0.2) is 0 Å². The van der Waals surface area contributed by atoms with Crippen LogP contribution in [0.1, 0.15) is 11.1 Å². The minimum absolute atomic E-state index is 0.111. The van der Waals surface area contributed by atoms with E-state index in [1.807, 2.05) is 0 Å². The number of rotatable bonds is 5. The third-order valence-corrected chi connectivity index (χ3v) is 3.20. The van der Waals surface area contributed by atoms with Gasteiger partial charge in [0.1, 0.15) is 24.0 Å². The van der Waals surface area contributed by atoms with Crippen molar-refractivity contribution in [3.05, 3.63) is 64.2 Å². The Bertz CT molecular complexity index is 604. The molecule has 0 aliphatic rings. The molecule has 0 fully saturated rings. The lowest BCUT2D eigenvalue weighted by Crippen LogP contribution is -2.06. The molecule has 2 aromatic carbocycles. The summed E-state index contributed by atoms with van der Waals surface area (Å²) in [6.07, 6.45) is 0.504. The molecular weight excluding hydrogens is 284 g/mol. The van der Waals surface area contributed by atoms with E-state index in [1.165, 1.54) is 36.4 Å². The first-order valence-electron chi connectivity index (χ1n) is 6.15. The molecule has 0 amide bonds. The molecule has 20 heavy (non-hydrogen) atoms. The maximum atomic E-state index is 13.2. The molecule has 2 nitrogen and oxygen atoms in total. The Hall–Kier alpha value is -1.65. The van der Waals surface area contributed by atoms with E-state index in [0.29, 0.717) is 34.9 Å². The first kappa shape index (κ1) is 14.8. The first-order chi connectivity index (χ1) is 9.60. The van der Waals surface area contributed by atoms with Crippen LogP contribution in [-0.4, -0.2) is 6.54 Å². The maximum absolute atomic E-state index is 13.2. The topological polar surface area (TPSA) is 35.2 Å². The van der Waals surface area contributed by atoms with Gasteiger partial charge in [-0.3, -0.25) is 0 Å². The first-order valence-corrected chi connectivity index (χ1v) is 6.53. The minimum atomic E-state index is -0.380. The fourth-order valence-electron chi connectivity index (χ4n) is 1.85. The Morgan fingerprint density at radius 1 is 1.00 bits per heavy atom. The van der Waals surface area contributed by atoms with Crippen molar-refractivity contribution in [2.75, 3.05) is 6.54 Å². The van der Waals surface area contributed by atoms with Crippen molar-refractivity contribution in [1.29, 1.82) is 0 Å². The Morgan fingerprint density at radius 2 is 1.65 bits per heavy atom. The highest BCUT2D eigenvalue weighted by atomic mass is 35.5. The number of hydrogen-bond acceptors (Lipinski definition) is 2. The molecular formula is C15H14ClF2NO. The maximum Gasteiger partial charge on any atom is 0.123 e. The van der Waals surface area contributed by atoms with E-state index >= 15 is 0 Å². The summed E-state index contributed by atoms with van der Waals surface area (Å²) in [6.45, 7) is 0.500. The second-order valence-electron chi connectivity index (χ2n) is 4.32. The molecule has 0 aromatic heterocycles. The van der Waals surface area contributed by atoms with Gasteiger partial charge in [0.05, 0.1) is 0 Å². The highest BCUT2D eigenvalue weighted by Crippen LogP contribution is 2.23. The van der Waals surface area contributed by atoms with Gasteiger partial charge in [-0.1, -0.05) is 11.6 Å². The summed E-state index contributed by atoms with van der Waals surface area (Å²) < 4.78 is 31.9. The van der Waals surface area contributed by atoms with Gasteiger partial charge in [-0.15, -0.1) is 0 Å². The van der Waals surface area contributed by atoms with E-state index in [9.17, 15) is 8.78 Å². The third kappa shape index (κ3) is 3.68. The van der Waals surface area contributed by atoms with Gasteiger partial charge in [0, 0.05) is 10.6 Å². The second-order valence-corrected chi connectivity index (χ2v) is 4.72. The van der Waals surface area contributed by atoms with Gasteiger partial charge in [-0.2, -0.15) is 0 Å². The van der Waals surface area contributed by atoms with Crippen LogP contribution in [0.3, 0.4) is 0 Å². The molecule has 0 saturated carbocycles. The van der Waals surface area contributed by atoms with E-state index in [4.69, 9.17) is 22.1 Å². The van der Waals surface area contributed by atoms with Crippen LogP contribution in [0.2, 0.25) is 5.02 Å². The van der Waals surface area contributed by atoms with E-state index in [-0.39, 0.29) is 18.2 Å². The number of nitrogens with two attached hydrogens (primary N) is 1. The van der Waals surface area contributed by atoms with Crippen LogP contribution in [0.15, 0.2) is 36.4 Å². The predicted molar refractivity (Wildman–Crippen MR) is 74.9 cm³/mol. The predicted octanol–water partition coefficient (Wildman–Crippen LogP) is 3.70. The monoisotopic (exact) mass is 297 g/mol. The average molecular weight is 298 g/mol. The quantitative estimate of drug-likeness (QED) is 0.913. The van der Waals surface area contributed by atoms with Gasteiger partial charge in [0.25, 0.3) is 0 Å². The Labute approximate surface area is 121 Å². The zero-order valence-electron chi connectivity index (χ0n) is 10.7. The van der Waals surface area contributed by atoms with Gasteiger partial charge >= 0.3 is 0 Å². The van der Waals surface area contributed by atoms with Crippen LogP contribution in [0.25, 0.3) is 0 Å². The lowest BCUT2D eigenvalue weighted by Gasteiger charge is -2.12. The largest absolute Gasteiger partial charge is 0.489 e. The van der Waals surface area contributed by atoms with Crippen molar-refractivity contribution < 1.29 is 13.5 Å². The van der Waals surface area contributed by atoms with E-state index in [0.717, 1.165) is 0 Å². The number of hydrogen-bond donors (Lipinski definition) is 1. The standard InChI is InChI=1S/C15H14ClF2NO/c16-14-3-1-12(17)8-11(14)9-20-15-4-2-13(18)7-10(15)5-6-19/h1-4,7-8H,5-6,9,19H2. The zero-order valence-corrected chi connectivity index (χ0v) is 11.5. The number of benzene rings is 2. The molecule has 2 N–H and O–H groups in total. The molecule has 2 rings (SSSR count). The molecule has 2 aromatic rings. The van der Waals surface area contributed by atoms with Crippen molar-refractivity contribution in [3.8, 4) is 5.75 Å². The molecule has 106 valence electrons. The van der Waals surface area contributed by atoms with Crippen molar-refractivity contribution in [2.24, 2.45) is 5.73 Å². The second kappa shape index (κ2) is 6.68. The van der Waals surface area contributed by atoms with E-state index in [2.05, 4.69) is 0 Å². The van der Waals surface area contributed by atoms with Crippen LogP contribution >= 0.6 is 11.6 Å². The third-order valence-electron chi connectivity index (χ3n) is 2.83. The number of halogens is 3. The zero-order chi connectivity index (χ0) is 14.5. The van der Waals surface area contributed by atoms with Gasteiger partial charge in [-0.05, 0) is 54.9 Å². The van der Waals surface area contributed by atoms with E-state index < -0.39 is 0 Å². The molecule has 0 saturated heterocycles. The SMILES string of the molecule is NCCc1cc(F)ccc1OCc1cc(F)ccc1Cl. The average Bonchev–Trinajstić information content (AvgIpc) is 2.42. The normalized spacial score (nSPS) is 10.6. The smallest absolute Gasteiger partial charge is 0.123 e. The van der Waals surface area contributed by atoms with Crippen LogP contribution in [-0.2, 0) is 13.0 Å². The van der Waals surface area contributed by atoms with Crippen LogP contribution in [0.4, 0.5) is 8.78 Å². The summed E-state index contributed by atoms with van der Waals surface area (Å²) in [6, 6.07) is 8.30. The molecule has 0 heterocycles. The van der Waals surface area contributed by atoms with Crippen LogP contribution in [0, 0.1) is 11.6 Å². The Balaban J connectivity index is 2.16. The summed E-state index contributed by atoms with van der Waals surface area (Å²) >= 11 is 5.96. The number of ether oxygens (including phenoxy) is 1. The lowest BCUT2D eigenvalue weighted by atomic mass is 10.1. The van der Waals surface area contributed by atoms with Crippen molar-refractivity contribution >= 4 is 11.6 Å². The Kier molecular flexibility index (Phi) is 4.93. The molecule has 0 atom stereocenters. The Morgan fingerprint density at radius 3 is 2.35 bits per heavy atom. The molecule has 0 radical (unpaired) electrons. The van der Waals surface area contributed by atoms with Crippen molar-refractivity contribution in [3.63, 3.8) is 0 Å². The molecule has 0 bridgehead atoms. The van der Waals surface area contributed by atoms with Crippen molar-refractivity contribution in [1.82, 2.24) is 0 Å². The highest BCUT2D eigenvalue weighted by molar-refractivity contribution is 6.31. The fourth-order valence-corrected chi connectivity index (χ4v) is 2.02. The fraction of sp³-hybridized carbons (Fsp3) is 0.200. The van der Waals surface area contributed by atoms with Gasteiger partial charge in [-0.25, -0.2) is 8.78 Å². The lowest BCUT2D eigenvalue weighted by molar-refractivity contribution is 0.302. The summed E-state index contributed by atoms with van der Waals surface area (Å²) in [7, 11) is 0. The molecule has 5 heteroatoms. The summed E-state index contributed by atoms with van der Waals surface area (Å²) in [5.74, 6) is -0.198. The van der Waals surface area contributed by atoms with E-state index in [1.54, 1.807) is 0 Å². The summed E-state index contributed by atoms with van der Waals surface area (Å²) in [4.78, 5) is 0. The molecule has 0 unspecified atom stereocenters. The summed E-state index contributed by atoms with van der Waals surface area (Å²) in [5, 5.41) is 0.425. The van der Waals surface area contributed by atoms with Crippen molar-refractivity contribution in [2.45, 2.75) is 13.0 Å². The molecule has 0 spiro atoms. The van der Waals surface area contributed by atoms with Gasteiger partial charge in [0.2, 0.25) is 0 Å². The van der Waals surface area contributed by atoms with Gasteiger partial charge < -0.3 is 10.5 Å². The summed E-state index contributed by atoms with van der Waals surface area (Å²) in [5.41, 5.74) is 6.70. The van der Waals surface area contributed by atoms with Crippen LogP contribution in [0.5, 0.6) is 5.75 Å². The highest BCUT2D eigenvalue weighted by Gasteiger charge is 2.08. The molecule has 0 aliphatic heterocycles. The minimum Gasteiger partial charge on any atom is -0.489 e. The van der Waals surface area contributed by atoms with Crippen LogP contribution < -0.4 is 10.5 Å². The molecule has 0 aliphatic carbocycles.